The van der Waals surface area contributed by atoms with Gasteiger partial charge in [-0.15, -0.1) is 0 Å². The van der Waals surface area contributed by atoms with Gasteiger partial charge in [0.25, 0.3) is 0 Å². The number of aryl methyl sites for hydroxylation is 1. The molecule has 1 unspecified atom stereocenters. The minimum absolute atomic E-state index is 0.0664. The largest absolute Gasteiger partial charge is 0.469 e. The fourth-order valence-electron chi connectivity index (χ4n) is 2.07. The summed E-state index contributed by atoms with van der Waals surface area (Å²) < 4.78 is 4.65. The van der Waals surface area contributed by atoms with Crippen LogP contribution in [0.4, 0.5) is 0 Å². The lowest BCUT2D eigenvalue weighted by Crippen LogP contribution is -2.34. The molecule has 0 saturated heterocycles. The van der Waals surface area contributed by atoms with Crippen molar-refractivity contribution in [2.45, 2.75) is 26.2 Å². The van der Waals surface area contributed by atoms with Crippen LogP contribution in [-0.4, -0.2) is 37.5 Å². The minimum Gasteiger partial charge on any atom is -0.469 e. The first-order valence-corrected chi connectivity index (χ1v) is 6.90. The second-order valence-corrected chi connectivity index (χ2v) is 5.04. The molecule has 0 aliphatic carbocycles. The van der Waals surface area contributed by atoms with Crippen molar-refractivity contribution in [3.63, 3.8) is 0 Å². The molecule has 4 nitrogen and oxygen atoms in total. The molecule has 1 aromatic carbocycles. The number of rotatable bonds is 7. The van der Waals surface area contributed by atoms with Crippen LogP contribution < -0.4 is 0 Å². The Kier molecular flexibility index (Phi) is 6.77. The van der Waals surface area contributed by atoms with E-state index in [0.29, 0.717) is 13.0 Å². The number of benzene rings is 1. The third kappa shape index (κ3) is 5.43. The van der Waals surface area contributed by atoms with E-state index in [9.17, 15) is 9.59 Å². The fraction of sp³-hybridized carbons (Fsp3) is 0.500. The number of methoxy groups -OCH3 is 1. The Bertz CT molecular complexity index is 431. The van der Waals surface area contributed by atoms with Crippen LogP contribution >= 0.6 is 0 Å². The molecular weight excluding hydrogens is 254 g/mol. The summed E-state index contributed by atoms with van der Waals surface area (Å²) in [7, 11) is 3.09. The second-order valence-electron chi connectivity index (χ2n) is 5.04. The molecule has 20 heavy (non-hydrogen) atoms. The zero-order valence-corrected chi connectivity index (χ0v) is 12.5. The first-order valence-electron chi connectivity index (χ1n) is 6.90. The lowest BCUT2D eigenvalue weighted by molar-refractivity contribution is -0.146. The number of esters is 1. The van der Waals surface area contributed by atoms with Crippen molar-refractivity contribution in [3.8, 4) is 0 Å². The third-order valence-corrected chi connectivity index (χ3v) is 3.28. The van der Waals surface area contributed by atoms with Gasteiger partial charge in [-0.25, -0.2) is 0 Å². The molecule has 0 N–H and O–H groups in total. The third-order valence-electron chi connectivity index (χ3n) is 3.28. The summed E-state index contributed by atoms with van der Waals surface area (Å²) >= 11 is 0. The molecule has 1 amide bonds. The monoisotopic (exact) mass is 277 g/mol. The van der Waals surface area contributed by atoms with Gasteiger partial charge < -0.3 is 9.64 Å². The highest BCUT2D eigenvalue weighted by Gasteiger charge is 2.18. The van der Waals surface area contributed by atoms with Gasteiger partial charge >= 0.3 is 5.97 Å². The van der Waals surface area contributed by atoms with E-state index in [-0.39, 0.29) is 17.8 Å². The van der Waals surface area contributed by atoms with Crippen LogP contribution in [0.1, 0.15) is 25.3 Å². The van der Waals surface area contributed by atoms with E-state index in [1.165, 1.54) is 12.7 Å². The topological polar surface area (TPSA) is 46.6 Å². The number of nitrogens with zero attached hydrogens (tertiary/aromatic N) is 1. The van der Waals surface area contributed by atoms with Gasteiger partial charge in [0, 0.05) is 20.0 Å². The molecule has 0 aliphatic heterocycles. The Hall–Kier alpha value is -1.84. The van der Waals surface area contributed by atoms with Gasteiger partial charge in [0.15, 0.2) is 0 Å². The molecule has 4 heteroatoms. The summed E-state index contributed by atoms with van der Waals surface area (Å²) in [4.78, 5) is 24.9. The normalized spacial score (nSPS) is 11.8. The Morgan fingerprint density at radius 1 is 1.25 bits per heavy atom. The molecule has 1 atom stereocenters. The van der Waals surface area contributed by atoms with E-state index in [2.05, 4.69) is 16.9 Å². The van der Waals surface area contributed by atoms with Gasteiger partial charge in [-0.1, -0.05) is 37.3 Å². The van der Waals surface area contributed by atoms with Gasteiger partial charge in [0.05, 0.1) is 13.0 Å². The molecule has 1 aromatic rings. The van der Waals surface area contributed by atoms with Crippen molar-refractivity contribution in [3.05, 3.63) is 35.9 Å². The van der Waals surface area contributed by atoms with Gasteiger partial charge in [0.1, 0.15) is 0 Å². The standard InChI is InChI=1S/C16H23NO3/c1-13(16(19)20-3)12-17(2)15(18)11-7-10-14-8-5-4-6-9-14/h4-6,8-9,13H,7,10-12H2,1-3H3. The van der Waals surface area contributed by atoms with E-state index in [1.807, 2.05) is 18.2 Å². The summed E-state index contributed by atoms with van der Waals surface area (Å²) in [6, 6.07) is 10.1. The molecular formula is C16H23NO3. The lowest BCUT2D eigenvalue weighted by atomic mass is 10.1. The SMILES string of the molecule is COC(=O)C(C)CN(C)C(=O)CCCc1ccccc1. The Morgan fingerprint density at radius 3 is 2.50 bits per heavy atom. The zero-order chi connectivity index (χ0) is 15.0. The minimum atomic E-state index is -0.289. The van der Waals surface area contributed by atoms with Crippen molar-refractivity contribution >= 4 is 11.9 Å². The molecule has 0 fully saturated rings. The molecule has 0 spiro atoms. The van der Waals surface area contributed by atoms with Crippen LogP contribution in [0.5, 0.6) is 0 Å². The Morgan fingerprint density at radius 2 is 1.90 bits per heavy atom. The van der Waals surface area contributed by atoms with Crippen LogP contribution in [0, 0.1) is 5.92 Å². The van der Waals surface area contributed by atoms with Gasteiger partial charge in [0.2, 0.25) is 5.91 Å². The molecule has 110 valence electrons. The van der Waals surface area contributed by atoms with E-state index in [0.717, 1.165) is 12.8 Å². The molecule has 0 aromatic heterocycles. The average Bonchev–Trinajstić information content (AvgIpc) is 2.47. The van der Waals surface area contributed by atoms with Crippen LogP contribution in [-0.2, 0) is 20.7 Å². The highest BCUT2D eigenvalue weighted by Crippen LogP contribution is 2.07. The zero-order valence-electron chi connectivity index (χ0n) is 12.5. The number of hydrogen-bond acceptors (Lipinski definition) is 3. The number of carbonyl (C=O) groups is 2. The van der Waals surface area contributed by atoms with Crippen LogP contribution in [0.15, 0.2) is 30.3 Å². The first kappa shape index (κ1) is 16.2. The molecule has 0 aliphatic rings. The highest BCUT2D eigenvalue weighted by atomic mass is 16.5. The van der Waals surface area contributed by atoms with Crippen LogP contribution in [0.3, 0.4) is 0 Å². The Balaban J connectivity index is 2.30. The van der Waals surface area contributed by atoms with Crippen molar-refractivity contribution in [2.24, 2.45) is 5.92 Å². The van der Waals surface area contributed by atoms with Gasteiger partial charge in [-0.05, 0) is 18.4 Å². The van der Waals surface area contributed by atoms with Crippen molar-refractivity contribution in [1.82, 2.24) is 4.90 Å². The van der Waals surface area contributed by atoms with Crippen LogP contribution in [0.2, 0.25) is 0 Å². The summed E-state index contributed by atoms with van der Waals surface area (Å²) in [5.74, 6) is -0.506. The molecule has 1 rings (SSSR count). The Labute approximate surface area is 120 Å². The predicted octanol–water partition coefficient (Wildman–Crippen LogP) is 2.28. The fourth-order valence-corrected chi connectivity index (χ4v) is 2.07. The summed E-state index contributed by atoms with van der Waals surface area (Å²) in [5.41, 5.74) is 1.24. The average molecular weight is 277 g/mol. The number of hydrogen-bond donors (Lipinski definition) is 0. The summed E-state index contributed by atoms with van der Waals surface area (Å²) in [6.07, 6.45) is 2.21. The van der Waals surface area contributed by atoms with Crippen LogP contribution in [0.25, 0.3) is 0 Å². The van der Waals surface area contributed by atoms with Crippen molar-refractivity contribution in [2.75, 3.05) is 20.7 Å². The van der Waals surface area contributed by atoms with E-state index >= 15 is 0 Å². The van der Waals surface area contributed by atoms with Gasteiger partial charge in [-0.3, -0.25) is 9.59 Å². The molecule has 0 heterocycles. The van der Waals surface area contributed by atoms with E-state index in [4.69, 9.17) is 0 Å². The molecule has 0 bridgehead atoms. The van der Waals surface area contributed by atoms with Crippen molar-refractivity contribution < 1.29 is 14.3 Å². The van der Waals surface area contributed by atoms with E-state index < -0.39 is 0 Å². The summed E-state index contributed by atoms with van der Waals surface area (Å²) in [5, 5.41) is 0. The maximum Gasteiger partial charge on any atom is 0.310 e. The summed E-state index contributed by atoms with van der Waals surface area (Å²) in [6.45, 7) is 2.16. The van der Waals surface area contributed by atoms with E-state index in [1.54, 1.807) is 18.9 Å². The maximum absolute atomic E-state index is 12.0. The first-order chi connectivity index (χ1) is 9.54. The smallest absolute Gasteiger partial charge is 0.310 e. The quantitative estimate of drug-likeness (QED) is 0.718. The number of ether oxygens (including phenoxy) is 1. The maximum atomic E-state index is 12.0. The molecule has 0 saturated carbocycles. The van der Waals surface area contributed by atoms with Crippen molar-refractivity contribution in [1.29, 1.82) is 0 Å². The predicted molar refractivity (Wildman–Crippen MR) is 78.2 cm³/mol. The lowest BCUT2D eigenvalue weighted by Gasteiger charge is -2.20. The molecule has 0 radical (unpaired) electrons. The second kappa shape index (κ2) is 8.35. The highest BCUT2D eigenvalue weighted by molar-refractivity contribution is 5.77. The number of amides is 1. The number of carbonyl (C=O) groups excluding carboxylic acids is 2. The van der Waals surface area contributed by atoms with Gasteiger partial charge in [-0.2, -0.15) is 0 Å².